The highest BCUT2D eigenvalue weighted by molar-refractivity contribution is 5.67. The van der Waals surface area contributed by atoms with Gasteiger partial charge in [-0.2, -0.15) is 0 Å². The lowest BCUT2D eigenvalue weighted by atomic mass is 10.1. The van der Waals surface area contributed by atoms with Gasteiger partial charge in [0.1, 0.15) is 0 Å². The molecule has 7 heteroatoms. The third-order valence-corrected chi connectivity index (χ3v) is 3.20. The Hall–Kier alpha value is -2.28. The number of aromatic nitrogens is 4. The molecule has 0 aliphatic rings. The first-order valence-electron chi connectivity index (χ1n) is 6.63. The van der Waals surface area contributed by atoms with Crippen molar-refractivity contribution in [3.8, 4) is 0 Å². The van der Waals surface area contributed by atoms with Crippen LogP contribution in [-0.4, -0.2) is 44.5 Å². The maximum absolute atomic E-state index is 10.8. The van der Waals surface area contributed by atoms with Crippen molar-refractivity contribution in [3.05, 3.63) is 41.2 Å². The van der Waals surface area contributed by atoms with E-state index in [0.29, 0.717) is 18.8 Å². The summed E-state index contributed by atoms with van der Waals surface area (Å²) < 4.78 is 6.75. The quantitative estimate of drug-likeness (QED) is 0.820. The molecule has 7 nitrogen and oxygen atoms in total. The van der Waals surface area contributed by atoms with Crippen LogP contribution in [-0.2, 0) is 22.5 Å². The second-order valence-corrected chi connectivity index (χ2v) is 4.90. The van der Waals surface area contributed by atoms with E-state index in [4.69, 9.17) is 9.84 Å². The number of hydrogen-bond acceptors (Lipinski definition) is 5. The van der Waals surface area contributed by atoms with E-state index in [1.54, 1.807) is 4.68 Å². The summed E-state index contributed by atoms with van der Waals surface area (Å²) >= 11 is 0. The summed E-state index contributed by atoms with van der Waals surface area (Å²) in [7, 11) is 1.48. The number of carboxylic acid groups (broad SMARTS) is 1. The molecular weight excluding hydrogens is 272 g/mol. The maximum Gasteiger partial charge on any atom is 0.306 e. The molecule has 21 heavy (non-hydrogen) atoms. The summed E-state index contributed by atoms with van der Waals surface area (Å²) in [4.78, 5) is 10.8. The summed E-state index contributed by atoms with van der Waals surface area (Å²) in [6, 6.07) is 8.12. The molecule has 0 aliphatic carbocycles. The fraction of sp³-hybridized carbons (Fsp3) is 0.429. The number of aryl methyl sites for hydroxylation is 1. The van der Waals surface area contributed by atoms with Gasteiger partial charge in [-0.15, -0.1) is 5.10 Å². The van der Waals surface area contributed by atoms with Crippen molar-refractivity contribution in [1.29, 1.82) is 0 Å². The van der Waals surface area contributed by atoms with Gasteiger partial charge in [-0.1, -0.05) is 29.8 Å². The molecule has 0 spiro atoms. The topological polar surface area (TPSA) is 90.1 Å². The second kappa shape index (κ2) is 6.94. The molecule has 0 aliphatic heterocycles. The molecule has 1 heterocycles. The van der Waals surface area contributed by atoms with Crippen LogP contribution < -0.4 is 0 Å². The van der Waals surface area contributed by atoms with E-state index in [2.05, 4.69) is 15.5 Å². The van der Waals surface area contributed by atoms with Gasteiger partial charge < -0.3 is 9.84 Å². The third-order valence-electron chi connectivity index (χ3n) is 3.20. The van der Waals surface area contributed by atoms with Crippen molar-refractivity contribution in [3.63, 3.8) is 0 Å². The standard InChI is InChI=1S/C14H18N4O3/c1-10-3-5-11(6-4-10)7-13-15-16-17-18(13)9-12(21-2)8-14(19)20/h3-6,12H,7-9H2,1-2H3,(H,19,20). The minimum Gasteiger partial charge on any atom is -0.481 e. The number of rotatable bonds is 7. The van der Waals surface area contributed by atoms with E-state index < -0.39 is 12.1 Å². The molecule has 1 aromatic carbocycles. The van der Waals surface area contributed by atoms with Crippen molar-refractivity contribution in [2.75, 3.05) is 7.11 Å². The SMILES string of the molecule is COC(CC(=O)O)Cn1nnnc1Cc1ccc(C)cc1. The van der Waals surface area contributed by atoms with E-state index >= 15 is 0 Å². The van der Waals surface area contributed by atoms with Crippen molar-refractivity contribution >= 4 is 5.97 Å². The molecule has 112 valence electrons. The van der Waals surface area contributed by atoms with Crippen molar-refractivity contribution < 1.29 is 14.6 Å². The predicted octanol–water partition coefficient (Wildman–Crippen LogP) is 1.06. The molecule has 1 N–H and O–H groups in total. The lowest BCUT2D eigenvalue weighted by molar-refractivity contribution is -0.140. The fourth-order valence-electron chi connectivity index (χ4n) is 1.99. The van der Waals surface area contributed by atoms with Gasteiger partial charge in [-0.3, -0.25) is 4.79 Å². The Morgan fingerprint density at radius 1 is 1.38 bits per heavy atom. The molecule has 1 unspecified atom stereocenters. The Kier molecular flexibility index (Phi) is 4.99. The van der Waals surface area contributed by atoms with Crippen LogP contribution in [0.1, 0.15) is 23.4 Å². The fourth-order valence-corrected chi connectivity index (χ4v) is 1.99. The molecule has 1 atom stereocenters. The number of nitrogens with zero attached hydrogens (tertiary/aromatic N) is 4. The highest BCUT2D eigenvalue weighted by atomic mass is 16.5. The molecule has 0 amide bonds. The number of tetrazole rings is 1. The number of hydrogen-bond donors (Lipinski definition) is 1. The minimum absolute atomic E-state index is 0.0830. The van der Waals surface area contributed by atoms with Gasteiger partial charge in [0.15, 0.2) is 5.82 Å². The lowest BCUT2D eigenvalue weighted by Gasteiger charge is -2.13. The first-order chi connectivity index (χ1) is 10.1. The van der Waals surface area contributed by atoms with Crippen LogP contribution in [0.4, 0.5) is 0 Å². The number of carboxylic acids is 1. The maximum atomic E-state index is 10.8. The van der Waals surface area contributed by atoms with E-state index in [1.807, 2.05) is 31.2 Å². The molecule has 2 aromatic rings. The normalized spacial score (nSPS) is 12.3. The largest absolute Gasteiger partial charge is 0.481 e. The summed E-state index contributed by atoms with van der Waals surface area (Å²) in [6.45, 7) is 2.35. The molecule has 1 aromatic heterocycles. The monoisotopic (exact) mass is 290 g/mol. The van der Waals surface area contributed by atoms with Gasteiger partial charge in [0.25, 0.3) is 0 Å². The first kappa shape index (κ1) is 15.1. The average molecular weight is 290 g/mol. The van der Waals surface area contributed by atoms with Crippen molar-refractivity contribution in [2.45, 2.75) is 32.4 Å². The summed E-state index contributed by atoms with van der Waals surface area (Å²) in [6.07, 6.45) is 0.0553. The summed E-state index contributed by atoms with van der Waals surface area (Å²) in [5.41, 5.74) is 2.29. The summed E-state index contributed by atoms with van der Waals surface area (Å²) in [5.74, 6) is -0.221. The van der Waals surface area contributed by atoms with Gasteiger partial charge in [0, 0.05) is 13.5 Å². The van der Waals surface area contributed by atoms with Crippen molar-refractivity contribution in [2.24, 2.45) is 0 Å². The first-order valence-corrected chi connectivity index (χ1v) is 6.63. The zero-order valence-electron chi connectivity index (χ0n) is 12.1. The van der Waals surface area contributed by atoms with E-state index in [1.165, 1.54) is 12.7 Å². The van der Waals surface area contributed by atoms with E-state index in [9.17, 15) is 4.79 Å². The van der Waals surface area contributed by atoms with Crippen LogP contribution in [0.25, 0.3) is 0 Å². The highest BCUT2D eigenvalue weighted by Gasteiger charge is 2.16. The van der Waals surface area contributed by atoms with E-state index in [0.717, 1.165) is 5.56 Å². The molecular formula is C14H18N4O3. The van der Waals surface area contributed by atoms with Gasteiger partial charge >= 0.3 is 5.97 Å². The molecule has 0 bridgehead atoms. The summed E-state index contributed by atoms with van der Waals surface area (Å²) in [5, 5.41) is 20.4. The Morgan fingerprint density at radius 3 is 2.71 bits per heavy atom. The second-order valence-electron chi connectivity index (χ2n) is 4.90. The third kappa shape index (κ3) is 4.35. The van der Waals surface area contributed by atoms with Crippen LogP contribution in [0.5, 0.6) is 0 Å². The number of benzene rings is 1. The predicted molar refractivity (Wildman–Crippen MR) is 74.9 cm³/mol. The minimum atomic E-state index is -0.907. The van der Waals surface area contributed by atoms with Crippen LogP contribution in [0.2, 0.25) is 0 Å². The zero-order chi connectivity index (χ0) is 15.2. The number of methoxy groups -OCH3 is 1. The Balaban J connectivity index is 2.07. The van der Waals surface area contributed by atoms with Crippen molar-refractivity contribution in [1.82, 2.24) is 20.2 Å². The van der Waals surface area contributed by atoms with Gasteiger partial charge in [0.05, 0.1) is 19.1 Å². The number of ether oxygens (including phenoxy) is 1. The Bertz CT molecular complexity index is 595. The zero-order valence-corrected chi connectivity index (χ0v) is 12.1. The molecule has 0 saturated carbocycles. The molecule has 0 radical (unpaired) electrons. The Labute approximate surface area is 122 Å². The van der Waals surface area contributed by atoms with Gasteiger partial charge in [0.2, 0.25) is 0 Å². The van der Waals surface area contributed by atoms with Crippen LogP contribution in [0.3, 0.4) is 0 Å². The smallest absolute Gasteiger partial charge is 0.306 e. The molecule has 0 fully saturated rings. The molecule has 0 saturated heterocycles. The van der Waals surface area contributed by atoms with Crippen LogP contribution in [0, 0.1) is 6.92 Å². The highest BCUT2D eigenvalue weighted by Crippen LogP contribution is 2.09. The molecule has 2 rings (SSSR count). The number of aliphatic carboxylic acids is 1. The van der Waals surface area contributed by atoms with Crippen LogP contribution in [0.15, 0.2) is 24.3 Å². The van der Waals surface area contributed by atoms with Gasteiger partial charge in [-0.05, 0) is 22.9 Å². The number of carbonyl (C=O) groups is 1. The lowest BCUT2D eigenvalue weighted by Crippen LogP contribution is -2.24. The van der Waals surface area contributed by atoms with E-state index in [-0.39, 0.29) is 6.42 Å². The van der Waals surface area contributed by atoms with Gasteiger partial charge in [-0.25, -0.2) is 4.68 Å². The van der Waals surface area contributed by atoms with Crippen LogP contribution >= 0.6 is 0 Å². The average Bonchev–Trinajstić information content (AvgIpc) is 2.87. The Morgan fingerprint density at radius 2 is 2.10 bits per heavy atom.